The topological polar surface area (TPSA) is 47.3 Å². The molecule has 45 heavy (non-hydrogen) atoms. The molecule has 4 heteroatoms. The summed E-state index contributed by atoms with van der Waals surface area (Å²) in [5.74, 6) is 0. The SMILES string of the molecule is Cc1c(C)c(C)c2c(c1C)-c1c(C)c(C)c(C)c(C)c1C1(C=CS(=O)(=O)c3c1ccc1occc31)c1c(C)c(C)c(C)c(C)c1-2. The van der Waals surface area contributed by atoms with E-state index in [1.807, 2.05) is 24.3 Å². The highest BCUT2D eigenvalue weighted by Crippen LogP contribution is 2.61. The van der Waals surface area contributed by atoms with Crippen LogP contribution in [0.15, 0.2) is 45.3 Å². The van der Waals surface area contributed by atoms with E-state index in [0.29, 0.717) is 15.9 Å². The second-order valence-corrected chi connectivity index (χ2v) is 15.5. The Kier molecular flexibility index (Phi) is 6.18. The smallest absolute Gasteiger partial charge is 0.200 e. The number of rotatable bonds is 0. The molecule has 7 rings (SSSR count). The summed E-state index contributed by atoms with van der Waals surface area (Å²) in [5.41, 5.74) is 23.1. The van der Waals surface area contributed by atoms with Gasteiger partial charge in [-0.2, -0.15) is 0 Å². The van der Waals surface area contributed by atoms with Crippen LogP contribution in [-0.4, -0.2) is 8.42 Å². The molecule has 1 aromatic heterocycles. The Hall–Kier alpha value is -3.89. The molecule has 0 fully saturated rings. The molecular formula is C41H42O3S. The Bertz CT molecular complexity index is 2240. The number of allylic oxidation sites excluding steroid dienone is 1. The largest absolute Gasteiger partial charge is 0.464 e. The van der Waals surface area contributed by atoms with Crippen molar-refractivity contribution in [3.63, 3.8) is 0 Å². The van der Waals surface area contributed by atoms with Gasteiger partial charge in [-0.05, 0) is 201 Å². The second-order valence-electron chi connectivity index (χ2n) is 13.7. The highest BCUT2D eigenvalue weighted by Gasteiger charge is 2.50. The Morgan fingerprint density at radius 3 is 1.40 bits per heavy atom. The van der Waals surface area contributed by atoms with E-state index in [1.165, 1.54) is 106 Å². The van der Waals surface area contributed by atoms with E-state index in [-0.39, 0.29) is 0 Å². The minimum atomic E-state index is -3.75. The van der Waals surface area contributed by atoms with E-state index in [1.54, 1.807) is 6.26 Å². The monoisotopic (exact) mass is 614 g/mol. The molecule has 0 amide bonds. The fourth-order valence-corrected chi connectivity index (χ4v) is 10.2. The lowest BCUT2D eigenvalue weighted by atomic mass is 9.62. The second kappa shape index (κ2) is 9.33. The Morgan fingerprint density at radius 1 is 0.511 bits per heavy atom. The van der Waals surface area contributed by atoms with Gasteiger partial charge in [0.05, 0.1) is 16.6 Å². The molecule has 0 radical (unpaired) electrons. The van der Waals surface area contributed by atoms with E-state index >= 15 is 0 Å². The normalized spacial score (nSPS) is 15.6. The van der Waals surface area contributed by atoms with Crippen molar-refractivity contribution in [3.8, 4) is 22.3 Å². The molecule has 230 valence electrons. The summed E-state index contributed by atoms with van der Waals surface area (Å²) in [4.78, 5) is 0.352. The van der Waals surface area contributed by atoms with Crippen molar-refractivity contribution in [1.29, 1.82) is 0 Å². The Morgan fingerprint density at radius 2 is 0.933 bits per heavy atom. The van der Waals surface area contributed by atoms with Crippen LogP contribution in [0.4, 0.5) is 0 Å². The number of benzene rings is 4. The molecule has 0 saturated carbocycles. The maximum absolute atomic E-state index is 14.2. The molecule has 5 aromatic rings. The summed E-state index contributed by atoms with van der Waals surface area (Å²) >= 11 is 0. The highest BCUT2D eigenvalue weighted by molar-refractivity contribution is 7.94. The third kappa shape index (κ3) is 3.44. The first-order chi connectivity index (χ1) is 21.1. The fraction of sp³-hybridized carbons (Fsp3) is 0.317. The van der Waals surface area contributed by atoms with Crippen molar-refractivity contribution >= 4 is 20.8 Å². The van der Waals surface area contributed by atoms with Crippen molar-refractivity contribution in [3.05, 3.63) is 119 Å². The van der Waals surface area contributed by atoms with E-state index in [4.69, 9.17) is 4.42 Å². The van der Waals surface area contributed by atoms with E-state index in [2.05, 4.69) is 83.1 Å². The lowest BCUT2D eigenvalue weighted by Crippen LogP contribution is -2.35. The molecule has 2 heterocycles. The van der Waals surface area contributed by atoms with Crippen molar-refractivity contribution in [1.82, 2.24) is 0 Å². The van der Waals surface area contributed by atoms with Gasteiger partial charge < -0.3 is 4.42 Å². The van der Waals surface area contributed by atoms with Gasteiger partial charge in [-0.1, -0.05) is 12.1 Å². The zero-order chi connectivity index (χ0) is 32.7. The molecule has 0 N–H and O–H groups in total. The van der Waals surface area contributed by atoms with Gasteiger partial charge >= 0.3 is 0 Å². The number of sulfone groups is 1. The maximum Gasteiger partial charge on any atom is 0.200 e. The van der Waals surface area contributed by atoms with Gasteiger partial charge in [0, 0.05) is 10.8 Å². The van der Waals surface area contributed by atoms with Crippen LogP contribution in [0.1, 0.15) is 83.5 Å². The predicted molar refractivity (Wildman–Crippen MR) is 187 cm³/mol. The van der Waals surface area contributed by atoms with Crippen LogP contribution in [-0.2, 0) is 15.3 Å². The predicted octanol–water partition coefficient (Wildman–Crippen LogP) is 10.4. The first-order valence-corrected chi connectivity index (χ1v) is 17.4. The average Bonchev–Trinajstić information content (AvgIpc) is 3.45. The van der Waals surface area contributed by atoms with Gasteiger partial charge in [-0.25, -0.2) is 8.42 Å². The molecule has 0 saturated heterocycles. The number of hydrogen-bond acceptors (Lipinski definition) is 3. The molecule has 2 aliphatic rings. The average molecular weight is 615 g/mol. The molecule has 0 unspecified atom stereocenters. The molecule has 4 aromatic carbocycles. The summed E-state index contributed by atoms with van der Waals surface area (Å²) < 4.78 is 34.1. The minimum absolute atomic E-state index is 0.352. The quantitative estimate of drug-likeness (QED) is 0.174. The van der Waals surface area contributed by atoms with Crippen molar-refractivity contribution in [2.75, 3.05) is 0 Å². The summed E-state index contributed by atoms with van der Waals surface area (Å²) in [6.45, 7) is 27.0. The first kappa shape index (κ1) is 29.8. The van der Waals surface area contributed by atoms with Crippen LogP contribution in [0.5, 0.6) is 0 Å². The maximum atomic E-state index is 14.2. The number of fused-ring (bicyclic) bond motifs is 11. The van der Waals surface area contributed by atoms with E-state index in [9.17, 15) is 8.42 Å². The van der Waals surface area contributed by atoms with Crippen LogP contribution in [0, 0.1) is 83.1 Å². The van der Waals surface area contributed by atoms with Gasteiger partial charge in [-0.3, -0.25) is 0 Å². The zero-order valence-electron chi connectivity index (χ0n) is 28.6. The summed E-state index contributed by atoms with van der Waals surface area (Å²) in [7, 11) is -3.75. The van der Waals surface area contributed by atoms with Gasteiger partial charge in [0.15, 0.2) is 0 Å². The van der Waals surface area contributed by atoms with Crippen LogP contribution in [0.2, 0.25) is 0 Å². The number of furan rings is 1. The van der Waals surface area contributed by atoms with E-state index < -0.39 is 15.3 Å². The van der Waals surface area contributed by atoms with Gasteiger partial charge in [0.25, 0.3) is 0 Å². The van der Waals surface area contributed by atoms with Crippen LogP contribution < -0.4 is 0 Å². The molecule has 1 aliphatic carbocycles. The lowest BCUT2D eigenvalue weighted by Gasteiger charge is -2.41. The zero-order valence-corrected chi connectivity index (χ0v) is 29.4. The molecule has 1 spiro atoms. The third-order valence-corrected chi connectivity index (χ3v) is 13.6. The lowest BCUT2D eigenvalue weighted by molar-refractivity contribution is 0.596. The van der Waals surface area contributed by atoms with Crippen LogP contribution in [0.3, 0.4) is 0 Å². The molecular weight excluding hydrogens is 573 g/mol. The minimum Gasteiger partial charge on any atom is -0.464 e. The summed E-state index contributed by atoms with van der Waals surface area (Å²) in [6.07, 6.45) is 3.62. The Balaban J connectivity index is 1.92. The third-order valence-electron chi connectivity index (χ3n) is 12.1. The molecule has 3 nitrogen and oxygen atoms in total. The Labute approximate surface area is 267 Å². The molecule has 1 aliphatic heterocycles. The van der Waals surface area contributed by atoms with Crippen molar-refractivity contribution in [2.45, 2.75) is 93.4 Å². The first-order valence-electron chi connectivity index (χ1n) is 15.9. The standard InChI is InChI=1S/C41H42O3S/c1-19-20(2)26(8)35-34(25(19)7)36-27(9)21(3)23(5)29(11)38(36)41(39-30(12)24(6)22(4)28(10)37(35)39)16-18-45(42,43)40-31-15-17-44-33(31)14-13-32(40)41/h13-18H,1-12H3. The van der Waals surface area contributed by atoms with Crippen LogP contribution in [0.25, 0.3) is 33.2 Å². The van der Waals surface area contributed by atoms with Gasteiger partial charge in [0.1, 0.15) is 5.58 Å². The summed E-state index contributed by atoms with van der Waals surface area (Å²) in [5, 5.41) is 2.12. The van der Waals surface area contributed by atoms with Crippen LogP contribution >= 0.6 is 0 Å². The van der Waals surface area contributed by atoms with E-state index in [0.717, 1.165) is 5.56 Å². The molecule has 0 atom stereocenters. The number of hydrogen-bond donors (Lipinski definition) is 0. The van der Waals surface area contributed by atoms with Gasteiger partial charge in [-0.15, -0.1) is 0 Å². The van der Waals surface area contributed by atoms with Crippen molar-refractivity contribution < 1.29 is 12.8 Å². The van der Waals surface area contributed by atoms with Crippen molar-refractivity contribution in [2.24, 2.45) is 0 Å². The highest BCUT2D eigenvalue weighted by atomic mass is 32.2. The van der Waals surface area contributed by atoms with Gasteiger partial charge in [0.2, 0.25) is 9.84 Å². The summed E-state index contributed by atoms with van der Waals surface area (Å²) in [6, 6.07) is 5.79. The molecule has 0 bridgehead atoms. The fourth-order valence-electron chi connectivity index (χ4n) is 8.72.